The van der Waals surface area contributed by atoms with E-state index in [9.17, 15) is 5.11 Å². The number of aliphatic hydroxyl groups excluding tert-OH is 1. The van der Waals surface area contributed by atoms with E-state index in [1.54, 1.807) is 6.20 Å². The summed E-state index contributed by atoms with van der Waals surface area (Å²) < 4.78 is 0. The second-order valence-corrected chi connectivity index (χ2v) is 4.81. The summed E-state index contributed by atoms with van der Waals surface area (Å²) in [6.45, 7) is 1.61. The van der Waals surface area contributed by atoms with Crippen molar-refractivity contribution in [3.63, 3.8) is 0 Å². The molecule has 0 spiro atoms. The highest BCUT2D eigenvalue weighted by atomic mass is 16.3. The lowest BCUT2D eigenvalue weighted by molar-refractivity contribution is 0.154. The fraction of sp³-hybridized carbons (Fsp3) is 0.357. The van der Waals surface area contributed by atoms with Gasteiger partial charge in [-0.2, -0.15) is 0 Å². The molecule has 0 aliphatic carbocycles. The average molecular weight is 243 g/mol. The third-order valence-corrected chi connectivity index (χ3v) is 3.54. The van der Waals surface area contributed by atoms with Crippen molar-refractivity contribution in [2.24, 2.45) is 0 Å². The van der Waals surface area contributed by atoms with Crippen molar-refractivity contribution in [1.82, 2.24) is 4.98 Å². The van der Waals surface area contributed by atoms with Gasteiger partial charge in [0.1, 0.15) is 0 Å². The summed E-state index contributed by atoms with van der Waals surface area (Å²) in [7, 11) is 0. The molecule has 3 N–H and O–H groups in total. The van der Waals surface area contributed by atoms with Gasteiger partial charge in [0.15, 0.2) is 0 Å². The Balaban J connectivity index is 2.04. The van der Waals surface area contributed by atoms with Crippen LogP contribution in [0.2, 0.25) is 0 Å². The Morgan fingerprint density at radius 3 is 3.06 bits per heavy atom. The topological polar surface area (TPSA) is 62.4 Å². The lowest BCUT2D eigenvalue weighted by Gasteiger charge is -2.33. The molecule has 1 atom stereocenters. The third kappa shape index (κ3) is 1.88. The van der Waals surface area contributed by atoms with Gasteiger partial charge in [-0.15, -0.1) is 0 Å². The van der Waals surface area contributed by atoms with Crippen LogP contribution >= 0.6 is 0 Å². The van der Waals surface area contributed by atoms with Crippen LogP contribution in [-0.2, 0) is 0 Å². The lowest BCUT2D eigenvalue weighted by Crippen LogP contribution is -2.38. The minimum Gasteiger partial charge on any atom is -0.396 e. The van der Waals surface area contributed by atoms with Crippen LogP contribution in [0.15, 0.2) is 30.5 Å². The first-order valence-corrected chi connectivity index (χ1v) is 6.32. The van der Waals surface area contributed by atoms with Crippen molar-refractivity contribution >= 4 is 22.3 Å². The van der Waals surface area contributed by atoms with E-state index in [0.29, 0.717) is 6.54 Å². The maximum Gasteiger partial charge on any atom is 0.0724 e. The molecule has 18 heavy (non-hydrogen) atoms. The zero-order chi connectivity index (χ0) is 12.5. The number of benzene rings is 1. The molecular formula is C14H17N3O. The number of fused-ring (bicyclic) bond motifs is 1. The Morgan fingerprint density at radius 1 is 1.33 bits per heavy atom. The van der Waals surface area contributed by atoms with Crippen LogP contribution in [0, 0.1) is 0 Å². The predicted octanol–water partition coefficient (Wildman–Crippen LogP) is 1.78. The summed E-state index contributed by atoms with van der Waals surface area (Å²) in [4.78, 5) is 6.46. The Labute approximate surface area is 106 Å². The molecule has 94 valence electrons. The zero-order valence-electron chi connectivity index (χ0n) is 10.2. The van der Waals surface area contributed by atoms with Crippen molar-refractivity contribution in [2.75, 3.05) is 23.7 Å². The van der Waals surface area contributed by atoms with E-state index in [4.69, 9.17) is 5.73 Å². The van der Waals surface area contributed by atoms with Gasteiger partial charge in [-0.1, -0.05) is 0 Å². The fourth-order valence-electron chi connectivity index (χ4n) is 2.61. The molecule has 3 rings (SSSR count). The van der Waals surface area contributed by atoms with Gasteiger partial charge in [-0.25, -0.2) is 0 Å². The summed E-state index contributed by atoms with van der Waals surface area (Å²) in [5, 5.41) is 10.7. The molecule has 1 saturated heterocycles. The van der Waals surface area contributed by atoms with E-state index in [0.717, 1.165) is 41.7 Å². The molecule has 0 radical (unpaired) electrons. The highest BCUT2D eigenvalue weighted by Crippen LogP contribution is 2.32. The van der Waals surface area contributed by atoms with E-state index < -0.39 is 0 Å². The van der Waals surface area contributed by atoms with Crippen LogP contribution in [0.5, 0.6) is 0 Å². The number of aliphatic hydroxyl groups is 1. The number of hydrogen-bond acceptors (Lipinski definition) is 4. The minimum atomic E-state index is -0.247. The number of aromatic nitrogens is 1. The molecule has 1 aromatic heterocycles. The number of nitrogen functional groups attached to an aromatic ring is 1. The number of nitrogens with zero attached hydrogens (tertiary/aromatic N) is 2. The van der Waals surface area contributed by atoms with Crippen LogP contribution in [0.1, 0.15) is 12.8 Å². The number of anilines is 2. The minimum absolute atomic E-state index is 0.247. The number of rotatable bonds is 1. The normalized spacial score (nSPS) is 20.3. The van der Waals surface area contributed by atoms with Crippen molar-refractivity contribution in [1.29, 1.82) is 0 Å². The van der Waals surface area contributed by atoms with Crippen molar-refractivity contribution in [3.05, 3.63) is 30.5 Å². The largest absolute Gasteiger partial charge is 0.396 e. The van der Waals surface area contributed by atoms with Gasteiger partial charge < -0.3 is 15.7 Å². The van der Waals surface area contributed by atoms with Gasteiger partial charge in [0, 0.05) is 24.7 Å². The SMILES string of the molecule is Nc1c(N2CCCC(O)C2)ccc2ncccc12. The van der Waals surface area contributed by atoms with Gasteiger partial charge in [-0.05, 0) is 37.1 Å². The maximum atomic E-state index is 9.75. The quantitative estimate of drug-likeness (QED) is 0.749. The summed E-state index contributed by atoms with van der Waals surface area (Å²) >= 11 is 0. The molecular weight excluding hydrogens is 226 g/mol. The molecule has 1 aliphatic rings. The number of piperidine rings is 1. The number of pyridine rings is 1. The summed E-state index contributed by atoms with van der Waals surface area (Å²) in [5.41, 5.74) is 8.91. The van der Waals surface area contributed by atoms with Gasteiger partial charge >= 0.3 is 0 Å². The van der Waals surface area contributed by atoms with Crippen LogP contribution in [0.3, 0.4) is 0 Å². The number of β-amino-alcohol motifs (C(OH)–C–C–N with tert-alkyl or cyclic N) is 1. The second kappa shape index (κ2) is 4.46. The molecule has 4 nitrogen and oxygen atoms in total. The van der Waals surface area contributed by atoms with Crippen LogP contribution in [-0.4, -0.2) is 29.3 Å². The fourth-order valence-corrected chi connectivity index (χ4v) is 2.61. The number of nitrogens with two attached hydrogens (primary N) is 1. The summed E-state index contributed by atoms with van der Waals surface area (Å²) in [5.74, 6) is 0. The highest BCUT2D eigenvalue weighted by Gasteiger charge is 2.20. The van der Waals surface area contributed by atoms with Gasteiger partial charge in [0.2, 0.25) is 0 Å². The average Bonchev–Trinajstić information content (AvgIpc) is 2.39. The van der Waals surface area contributed by atoms with E-state index in [2.05, 4.69) is 9.88 Å². The van der Waals surface area contributed by atoms with Crippen LogP contribution in [0.25, 0.3) is 10.9 Å². The lowest BCUT2D eigenvalue weighted by atomic mass is 10.1. The van der Waals surface area contributed by atoms with E-state index in [1.165, 1.54) is 0 Å². The number of hydrogen-bond donors (Lipinski definition) is 2. The second-order valence-electron chi connectivity index (χ2n) is 4.81. The van der Waals surface area contributed by atoms with E-state index in [-0.39, 0.29) is 6.10 Å². The molecule has 1 aromatic carbocycles. The van der Waals surface area contributed by atoms with E-state index >= 15 is 0 Å². The first kappa shape index (κ1) is 11.3. The maximum absolute atomic E-state index is 9.75. The zero-order valence-corrected chi connectivity index (χ0v) is 10.2. The summed E-state index contributed by atoms with van der Waals surface area (Å²) in [6.07, 6.45) is 3.41. The Hall–Kier alpha value is -1.81. The first-order valence-electron chi connectivity index (χ1n) is 6.32. The van der Waals surface area contributed by atoms with Crippen molar-refractivity contribution in [2.45, 2.75) is 18.9 Å². The van der Waals surface area contributed by atoms with E-state index in [1.807, 2.05) is 24.3 Å². The van der Waals surface area contributed by atoms with Gasteiger partial charge in [-0.3, -0.25) is 4.98 Å². The molecule has 0 bridgehead atoms. The molecule has 0 amide bonds. The summed E-state index contributed by atoms with van der Waals surface area (Å²) in [6, 6.07) is 7.87. The van der Waals surface area contributed by atoms with Crippen molar-refractivity contribution in [3.8, 4) is 0 Å². The molecule has 0 saturated carbocycles. The highest BCUT2D eigenvalue weighted by molar-refractivity contribution is 5.97. The monoisotopic (exact) mass is 243 g/mol. The van der Waals surface area contributed by atoms with Gasteiger partial charge in [0.05, 0.1) is 23.0 Å². The molecule has 2 aromatic rings. The van der Waals surface area contributed by atoms with Crippen LogP contribution < -0.4 is 10.6 Å². The van der Waals surface area contributed by atoms with Gasteiger partial charge in [0.25, 0.3) is 0 Å². The standard InChI is InChI=1S/C14H17N3O/c15-14-11-4-1-7-16-12(11)5-6-13(14)17-8-2-3-10(18)9-17/h1,4-7,10,18H,2-3,8-9,15H2. The first-order chi connectivity index (χ1) is 8.75. The Kier molecular flexibility index (Phi) is 2.80. The van der Waals surface area contributed by atoms with Crippen LogP contribution in [0.4, 0.5) is 11.4 Å². The third-order valence-electron chi connectivity index (χ3n) is 3.54. The predicted molar refractivity (Wildman–Crippen MR) is 73.6 cm³/mol. The molecule has 4 heteroatoms. The molecule has 1 aliphatic heterocycles. The molecule has 1 fully saturated rings. The molecule has 1 unspecified atom stereocenters. The Morgan fingerprint density at radius 2 is 2.22 bits per heavy atom. The smallest absolute Gasteiger partial charge is 0.0724 e. The van der Waals surface area contributed by atoms with Crippen molar-refractivity contribution < 1.29 is 5.11 Å². The molecule has 2 heterocycles. The Bertz CT molecular complexity index is 570.